The minimum atomic E-state index is 0.722. The predicted octanol–water partition coefficient (Wildman–Crippen LogP) is 5.27. The highest BCUT2D eigenvalue weighted by molar-refractivity contribution is 6.30. The Morgan fingerprint density at radius 2 is 1.62 bits per heavy atom. The summed E-state index contributed by atoms with van der Waals surface area (Å²) in [6.07, 6.45) is 5.65. The number of rotatable bonds is 3. The quantitative estimate of drug-likeness (QED) is 0.671. The van der Waals surface area contributed by atoms with E-state index in [0.717, 1.165) is 22.8 Å². The second kappa shape index (κ2) is 5.23. The molecule has 1 aromatic carbocycles. The van der Waals surface area contributed by atoms with Gasteiger partial charge in [0.2, 0.25) is 0 Å². The maximum absolute atomic E-state index is 5.96. The highest BCUT2D eigenvalue weighted by Crippen LogP contribution is 2.41. The fourth-order valence-corrected chi connectivity index (χ4v) is 3.33. The van der Waals surface area contributed by atoms with Crippen LogP contribution in [0.4, 0.5) is 0 Å². The van der Waals surface area contributed by atoms with Crippen molar-refractivity contribution in [3.8, 4) is 0 Å². The standard InChI is InChI=1S/C15H21Cl/c1-11(2)15(12-5-3-4-6-12)13-7-9-14(16)10-8-13/h7-12,15H,3-6H2,1-2H3. The highest BCUT2D eigenvalue weighted by Gasteiger charge is 2.28. The lowest BCUT2D eigenvalue weighted by Crippen LogP contribution is -2.15. The molecule has 0 amide bonds. The Morgan fingerprint density at radius 1 is 1.06 bits per heavy atom. The zero-order valence-electron chi connectivity index (χ0n) is 10.2. The average Bonchev–Trinajstić information content (AvgIpc) is 2.74. The van der Waals surface area contributed by atoms with Gasteiger partial charge in [-0.2, -0.15) is 0 Å². The fourth-order valence-electron chi connectivity index (χ4n) is 3.20. The maximum Gasteiger partial charge on any atom is 0.0406 e. The number of hydrogen-bond acceptors (Lipinski definition) is 0. The Bertz CT molecular complexity index is 320. The predicted molar refractivity (Wildman–Crippen MR) is 71.0 cm³/mol. The zero-order chi connectivity index (χ0) is 11.5. The first-order valence-electron chi connectivity index (χ1n) is 6.44. The van der Waals surface area contributed by atoms with Gasteiger partial charge in [0.05, 0.1) is 0 Å². The first kappa shape index (κ1) is 12.0. The molecule has 0 aliphatic heterocycles. The fraction of sp³-hybridized carbons (Fsp3) is 0.600. The summed E-state index contributed by atoms with van der Waals surface area (Å²) >= 11 is 5.96. The summed E-state index contributed by atoms with van der Waals surface area (Å²) in [7, 11) is 0. The third-order valence-electron chi connectivity index (χ3n) is 3.88. The largest absolute Gasteiger partial charge is 0.0843 e. The molecule has 0 bridgehead atoms. The molecule has 1 saturated carbocycles. The van der Waals surface area contributed by atoms with E-state index in [0.29, 0.717) is 0 Å². The van der Waals surface area contributed by atoms with Crippen molar-refractivity contribution < 1.29 is 0 Å². The van der Waals surface area contributed by atoms with Crippen LogP contribution in [-0.2, 0) is 0 Å². The van der Waals surface area contributed by atoms with E-state index in [1.54, 1.807) is 0 Å². The van der Waals surface area contributed by atoms with Crippen LogP contribution in [0.15, 0.2) is 24.3 Å². The Balaban J connectivity index is 2.21. The van der Waals surface area contributed by atoms with Gasteiger partial charge in [-0.1, -0.05) is 50.4 Å². The Morgan fingerprint density at radius 3 is 2.12 bits per heavy atom. The second-order valence-corrected chi connectivity index (χ2v) is 5.80. The lowest BCUT2D eigenvalue weighted by atomic mass is 9.77. The molecule has 0 saturated heterocycles. The van der Waals surface area contributed by atoms with Crippen molar-refractivity contribution in [2.75, 3.05) is 0 Å². The summed E-state index contributed by atoms with van der Waals surface area (Å²) in [6, 6.07) is 8.49. The third kappa shape index (κ3) is 2.60. The van der Waals surface area contributed by atoms with Gasteiger partial charge in [0.25, 0.3) is 0 Å². The summed E-state index contributed by atoms with van der Waals surface area (Å²) in [4.78, 5) is 0. The number of hydrogen-bond donors (Lipinski definition) is 0. The molecular formula is C15H21Cl. The lowest BCUT2D eigenvalue weighted by molar-refractivity contribution is 0.347. The van der Waals surface area contributed by atoms with Crippen LogP contribution in [0.25, 0.3) is 0 Å². The van der Waals surface area contributed by atoms with E-state index in [1.807, 2.05) is 12.1 Å². The molecule has 1 aliphatic carbocycles. The van der Waals surface area contributed by atoms with E-state index in [4.69, 9.17) is 11.6 Å². The van der Waals surface area contributed by atoms with Crippen LogP contribution in [0, 0.1) is 11.8 Å². The van der Waals surface area contributed by atoms with Gasteiger partial charge in [-0.15, -0.1) is 0 Å². The van der Waals surface area contributed by atoms with Gasteiger partial charge < -0.3 is 0 Å². The van der Waals surface area contributed by atoms with Gasteiger partial charge in [-0.05, 0) is 48.3 Å². The van der Waals surface area contributed by atoms with E-state index in [9.17, 15) is 0 Å². The minimum Gasteiger partial charge on any atom is -0.0843 e. The van der Waals surface area contributed by atoms with E-state index in [1.165, 1.54) is 31.2 Å². The van der Waals surface area contributed by atoms with Crippen LogP contribution in [0.2, 0.25) is 5.02 Å². The van der Waals surface area contributed by atoms with Gasteiger partial charge in [0.15, 0.2) is 0 Å². The molecule has 88 valence electrons. The molecule has 1 aliphatic rings. The van der Waals surface area contributed by atoms with Crippen LogP contribution in [0.1, 0.15) is 51.0 Å². The first-order valence-corrected chi connectivity index (χ1v) is 6.81. The summed E-state index contributed by atoms with van der Waals surface area (Å²) in [5.74, 6) is 2.34. The molecule has 2 rings (SSSR count). The van der Waals surface area contributed by atoms with Gasteiger partial charge in [0, 0.05) is 5.02 Å². The maximum atomic E-state index is 5.96. The van der Waals surface area contributed by atoms with E-state index >= 15 is 0 Å². The van der Waals surface area contributed by atoms with Crippen LogP contribution < -0.4 is 0 Å². The third-order valence-corrected chi connectivity index (χ3v) is 4.13. The van der Waals surface area contributed by atoms with E-state index in [2.05, 4.69) is 26.0 Å². The summed E-state index contributed by atoms with van der Waals surface area (Å²) < 4.78 is 0. The molecule has 1 atom stereocenters. The molecule has 0 nitrogen and oxygen atoms in total. The Hall–Kier alpha value is -0.490. The molecule has 0 spiro atoms. The normalized spacial score (nSPS) is 19.2. The monoisotopic (exact) mass is 236 g/mol. The Kier molecular flexibility index (Phi) is 3.91. The summed E-state index contributed by atoms with van der Waals surface area (Å²) in [5.41, 5.74) is 1.48. The molecule has 1 aromatic rings. The molecule has 1 unspecified atom stereocenters. The number of benzene rings is 1. The summed E-state index contributed by atoms with van der Waals surface area (Å²) in [5, 5.41) is 0.845. The van der Waals surface area contributed by atoms with Crippen molar-refractivity contribution in [3.63, 3.8) is 0 Å². The van der Waals surface area contributed by atoms with Crippen LogP contribution in [0.3, 0.4) is 0 Å². The van der Waals surface area contributed by atoms with Crippen molar-refractivity contribution in [3.05, 3.63) is 34.9 Å². The SMILES string of the molecule is CC(C)C(c1ccc(Cl)cc1)C1CCCC1. The van der Waals surface area contributed by atoms with E-state index in [-0.39, 0.29) is 0 Å². The first-order chi connectivity index (χ1) is 7.68. The van der Waals surface area contributed by atoms with Crippen LogP contribution in [0.5, 0.6) is 0 Å². The average molecular weight is 237 g/mol. The number of halogens is 1. The molecule has 16 heavy (non-hydrogen) atoms. The van der Waals surface area contributed by atoms with Crippen molar-refractivity contribution in [1.29, 1.82) is 0 Å². The van der Waals surface area contributed by atoms with Gasteiger partial charge >= 0.3 is 0 Å². The smallest absolute Gasteiger partial charge is 0.0406 e. The lowest BCUT2D eigenvalue weighted by Gasteiger charge is -2.27. The molecule has 1 heteroatoms. The van der Waals surface area contributed by atoms with Crippen LogP contribution in [-0.4, -0.2) is 0 Å². The molecule has 0 radical (unpaired) electrons. The van der Waals surface area contributed by atoms with Gasteiger partial charge in [-0.25, -0.2) is 0 Å². The molecule has 0 N–H and O–H groups in total. The topological polar surface area (TPSA) is 0 Å². The second-order valence-electron chi connectivity index (χ2n) is 5.37. The van der Waals surface area contributed by atoms with Crippen molar-refractivity contribution in [2.45, 2.75) is 45.4 Å². The molecule has 0 aromatic heterocycles. The Labute approximate surface area is 104 Å². The van der Waals surface area contributed by atoms with Crippen LogP contribution >= 0.6 is 11.6 Å². The van der Waals surface area contributed by atoms with Crippen molar-refractivity contribution in [1.82, 2.24) is 0 Å². The van der Waals surface area contributed by atoms with E-state index < -0.39 is 0 Å². The summed E-state index contributed by atoms with van der Waals surface area (Å²) in [6.45, 7) is 4.69. The highest BCUT2D eigenvalue weighted by atomic mass is 35.5. The van der Waals surface area contributed by atoms with Crippen molar-refractivity contribution >= 4 is 11.6 Å². The minimum absolute atomic E-state index is 0.722. The van der Waals surface area contributed by atoms with Gasteiger partial charge in [-0.3, -0.25) is 0 Å². The van der Waals surface area contributed by atoms with Gasteiger partial charge in [0.1, 0.15) is 0 Å². The zero-order valence-corrected chi connectivity index (χ0v) is 11.0. The van der Waals surface area contributed by atoms with Crippen molar-refractivity contribution in [2.24, 2.45) is 11.8 Å². The molecular weight excluding hydrogens is 216 g/mol. The molecule has 0 heterocycles. The molecule has 1 fully saturated rings.